The molecule has 0 heterocycles. The van der Waals surface area contributed by atoms with Crippen molar-refractivity contribution in [1.29, 1.82) is 0 Å². The first-order valence-corrected chi connectivity index (χ1v) is 17.1. The molecule has 0 atom stereocenters. The van der Waals surface area contributed by atoms with Gasteiger partial charge in [-0.3, -0.25) is 14.4 Å². The van der Waals surface area contributed by atoms with Gasteiger partial charge in [-0.2, -0.15) is 0 Å². The second-order valence-electron chi connectivity index (χ2n) is 11.7. The molecule has 0 saturated carbocycles. The number of amides is 1. The Morgan fingerprint density at radius 2 is 0.911 bits per heavy atom. The number of carbonyl (C=O) groups is 5. The Bertz CT molecular complexity index is 2120. The molecule has 0 aromatic heterocycles. The smallest absolute Gasteiger partial charge is 0.340 e. The lowest BCUT2D eigenvalue weighted by molar-refractivity contribution is -0.153. The predicted octanol–water partition coefficient (Wildman–Crippen LogP) is 8.48. The van der Waals surface area contributed by atoms with E-state index in [-0.39, 0.29) is 28.3 Å². The Morgan fingerprint density at radius 3 is 1.29 bits per heavy atom. The van der Waals surface area contributed by atoms with E-state index in [0.717, 1.165) is 0 Å². The molecular weight excluding hydrogens is 763 g/mol. The molecule has 0 aliphatic carbocycles. The van der Waals surface area contributed by atoms with E-state index in [4.69, 9.17) is 47.9 Å². The number of ether oxygens (including phenoxy) is 5. The Morgan fingerprint density at radius 1 is 0.554 bits per heavy atom. The minimum Gasteiger partial charge on any atom is -0.493 e. The van der Waals surface area contributed by atoms with Crippen LogP contribution in [0.1, 0.15) is 52.6 Å². The van der Waals surface area contributed by atoms with Crippen molar-refractivity contribution in [2.24, 2.45) is 0 Å². The van der Waals surface area contributed by atoms with Crippen molar-refractivity contribution in [3.8, 4) is 23.0 Å². The highest BCUT2D eigenvalue weighted by atomic mass is 35.5. The molecule has 12 nitrogen and oxygen atoms in total. The fourth-order valence-electron chi connectivity index (χ4n) is 4.26. The van der Waals surface area contributed by atoms with Crippen LogP contribution in [0, 0.1) is 0 Å². The standard InChI is InChI=1S/C19H18ClNO4.C15H14ClNO3.C8H10O3/c1-11(2)19(23)21-15-10-17(25-4)16(24-3)9-14(15)18(22)12-5-7-13(20)8-6-12;1-19-13-7-11(12(17)8-14(13)20-2)15(18)9-3-5-10(16)6-4-9;1-5(2)7(9)11-8(10)6(3)4/h5-10H,1H2,2-4H3,(H,21,23);3-8H,17H2,1-2H3;1,3H2,2,4H3. The summed E-state index contributed by atoms with van der Waals surface area (Å²) in [6, 6.07) is 19.3. The monoisotopic (exact) mass is 804 g/mol. The average molecular weight is 806 g/mol. The Kier molecular flexibility index (Phi) is 17.6. The second-order valence-corrected chi connectivity index (χ2v) is 12.6. The molecule has 4 rings (SSSR count). The van der Waals surface area contributed by atoms with Gasteiger partial charge in [0.1, 0.15) is 0 Å². The third kappa shape index (κ3) is 12.9. The van der Waals surface area contributed by atoms with Crippen LogP contribution in [0.3, 0.4) is 0 Å². The van der Waals surface area contributed by atoms with Crippen molar-refractivity contribution >= 4 is 64.0 Å². The van der Waals surface area contributed by atoms with Gasteiger partial charge in [0.15, 0.2) is 34.6 Å². The van der Waals surface area contributed by atoms with E-state index in [2.05, 4.69) is 29.8 Å². The van der Waals surface area contributed by atoms with Crippen LogP contribution in [0.2, 0.25) is 10.0 Å². The van der Waals surface area contributed by atoms with Gasteiger partial charge in [0.25, 0.3) is 5.91 Å². The summed E-state index contributed by atoms with van der Waals surface area (Å²) in [7, 11) is 5.96. The van der Waals surface area contributed by atoms with Crippen molar-refractivity contribution in [2.45, 2.75) is 20.8 Å². The number of hydrogen-bond donors (Lipinski definition) is 2. The number of nitrogens with one attached hydrogen (secondary N) is 1. The van der Waals surface area contributed by atoms with Crippen LogP contribution < -0.4 is 30.0 Å². The first-order valence-electron chi connectivity index (χ1n) is 16.3. The van der Waals surface area contributed by atoms with Gasteiger partial charge in [-0.1, -0.05) is 42.9 Å². The predicted molar refractivity (Wildman–Crippen MR) is 217 cm³/mol. The van der Waals surface area contributed by atoms with E-state index in [1.165, 1.54) is 48.4 Å². The normalized spacial score (nSPS) is 9.80. The number of nitrogen functional groups attached to an aromatic ring is 1. The van der Waals surface area contributed by atoms with Gasteiger partial charge in [-0.15, -0.1) is 0 Å². The van der Waals surface area contributed by atoms with Gasteiger partial charge in [0, 0.05) is 61.3 Å². The van der Waals surface area contributed by atoms with Crippen LogP contribution in [0.25, 0.3) is 0 Å². The molecule has 0 radical (unpaired) electrons. The first kappa shape index (κ1) is 45.8. The van der Waals surface area contributed by atoms with E-state index in [1.54, 1.807) is 73.7 Å². The molecule has 14 heteroatoms. The quantitative estimate of drug-likeness (QED) is 0.0463. The topological polar surface area (TPSA) is 170 Å². The minimum absolute atomic E-state index is 0.194. The maximum Gasteiger partial charge on any atom is 0.340 e. The van der Waals surface area contributed by atoms with Crippen LogP contribution in [0.15, 0.2) is 109 Å². The number of methoxy groups -OCH3 is 4. The summed E-state index contributed by atoms with van der Waals surface area (Å²) in [5.41, 5.74) is 8.84. The number of nitrogens with two attached hydrogens (primary N) is 1. The molecule has 4 aromatic rings. The molecule has 0 aliphatic heterocycles. The van der Waals surface area contributed by atoms with Crippen molar-refractivity contribution in [3.05, 3.63) is 142 Å². The summed E-state index contributed by atoms with van der Waals surface area (Å²) in [6.07, 6.45) is 0. The molecule has 56 heavy (non-hydrogen) atoms. The summed E-state index contributed by atoms with van der Waals surface area (Å²) < 4.78 is 25.1. The summed E-state index contributed by atoms with van der Waals surface area (Å²) in [5, 5.41) is 3.78. The minimum atomic E-state index is -0.710. The third-order valence-corrected chi connectivity index (χ3v) is 7.80. The number of ketones is 2. The molecular formula is C42H42Cl2N2O10. The number of rotatable bonds is 12. The number of hydrogen-bond acceptors (Lipinski definition) is 11. The van der Waals surface area contributed by atoms with Gasteiger partial charge >= 0.3 is 11.9 Å². The zero-order valence-electron chi connectivity index (χ0n) is 32.0. The molecule has 4 aromatic carbocycles. The van der Waals surface area contributed by atoms with Crippen molar-refractivity contribution in [3.63, 3.8) is 0 Å². The van der Waals surface area contributed by atoms with Crippen LogP contribution in [-0.2, 0) is 19.1 Å². The van der Waals surface area contributed by atoms with E-state index < -0.39 is 17.8 Å². The van der Waals surface area contributed by atoms with Gasteiger partial charge in [-0.25, -0.2) is 9.59 Å². The van der Waals surface area contributed by atoms with Crippen molar-refractivity contribution in [2.75, 3.05) is 39.5 Å². The first-order chi connectivity index (χ1) is 26.4. The molecule has 294 valence electrons. The Labute approximate surface area is 335 Å². The average Bonchev–Trinajstić information content (AvgIpc) is 3.17. The molecule has 0 fully saturated rings. The van der Waals surface area contributed by atoms with Crippen LogP contribution in [0.5, 0.6) is 23.0 Å². The number of carbonyl (C=O) groups excluding carboxylic acids is 5. The van der Waals surface area contributed by atoms with Crippen LogP contribution in [0.4, 0.5) is 11.4 Å². The molecule has 0 aliphatic rings. The third-order valence-electron chi connectivity index (χ3n) is 7.30. The molecule has 0 spiro atoms. The lowest BCUT2D eigenvalue weighted by atomic mass is 10.0. The Balaban J connectivity index is 0.000000312. The largest absolute Gasteiger partial charge is 0.493 e. The fourth-order valence-corrected chi connectivity index (χ4v) is 4.51. The second kappa shape index (κ2) is 21.5. The summed E-state index contributed by atoms with van der Waals surface area (Å²) in [5.74, 6) is -0.569. The number of halogens is 2. The maximum absolute atomic E-state index is 12.9. The SMILES string of the molecule is C=C(C)C(=O)Nc1cc(OC)c(OC)cc1C(=O)c1ccc(Cl)cc1.C=C(C)C(=O)OC(=O)C(=C)C.COc1cc(N)c(C(=O)c2ccc(Cl)cc2)cc1OC. The zero-order valence-corrected chi connectivity index (χ0v) is 33.5. The number of anilines is 2. The van der Waals surface area contributed by atoms with Crippen molar-refractivity contribution < 1.29 is 47.7 Å². The highest BCUT2D eigenvalue weighted by Gasteiger charge is 2.21. The zero-order chi connectivity index (χ0) is 42.3. The van der Waals surface area contributed by atoms with Crippen LogP contribution >= 0.6 is 23.2 Å². The van der Waals surface area contributed by atoms with E-state index >= 15 is 0 Å². The molecule has 3 N–H and O–H groups in total. The molecule has 0 unspecified atom stereocenters. The van der Waals surface area contributed by atoms with Gasteiger partial charge < -0.3 is 34.7 Å². The van der Waals surface area contributed by atoms with Crippen molar-refractivity contribution in [1.82, 2.24) is 0 Å². The molecule has 0 saturated heterocycles. The summed E-state index contributed by atoms with van der Waals surface area (Å²) in [4.78, 5) is 58.7. The van der Waals surface area contributed by atoms with E-state index in [1.807, 2.05) is 0 Å². The summed E-state index contributed by atoms with van der Waals surface area (Å²) >= 11 is 11.7. The van der Waals surface area contributed by atoms with E-state index in [9.17, 15) is 24.0 Å². The maximum atomic E-state index is 12.9. The number of esters is 2. The molecule has 1 amide bonds. The van der Waals surface area contributed by atoms with Crippen LogP contribution in [-0.4, -0.2) is 57.9 Å². The lowest BCUT2D eigenvalue weighted by Gasteiger charge is -2.15. The summed E-state index contributed by atoms with van der Waals surface area (Å²) in [6.45, 7) is 14.7. The number of benzene rings is 4. The van der Waals surface area contributed by atoms with Gasteiger partial charge in [0.2, 0.25) is 0 Å². The lowest BCUT2D eigenvalue weighted by Crippen LogP contribution is -2.16. The van der Waals surface area contributed by atoms with E-state index in [0.29, 0.717) is 66.7 Å². The highest BCUT2D eigenvalue weighted by Crippen LogP contribution is 2.35. The Hall–Kier alpha value is -6.37. The molecule has 0 bridgehead atoms. The van der Waals surface area contributed by atoms with Gasteiger partial charge in [0.05, 0.1) is 39.7 Å². The van der Waals surface area contributed by atoms with Gasteiger partial charge in [-0.05, 0) is 81.4 Å². The fraction of sp³-hybridized carbons (Fsp3) is 0.167. The highest BCUT2D eigenvalue weighted by molar-refractivity contribution is 6.31.